The van der Waals surface area contributed by atoms with Crippen LogP contribution < -0.4 is 15.2 Å². The number of methoxy groups -OCH3 is 2. The highest BCUT2D eigenvalue weighted by Crippen LogP contribution is 2.39. The molecule has 2 rings (SSSR count). The Hall–Kier alpha value is -2.22. The molecule has 3 N–H and O–H groups in total. The van der Waals surface area contributed by atoms with Crippen LogP contribution >= 0.6 is 0 Å². The van der Waals surface area contributed by atoms with Crippen molar-refractivity contribution in [1.29, 1.82) is 0 Å². The van der Waals surface area contributed by atoms with Crippen molar-refractivity contribution in [2.75, 3.05) is 26.2 Å². The average molecular weight is 297 g/mol. The predicted octanol–water partition coefficient (Wildman–Crippen LogP) is 1.08. The van der Waals surface area contributed by atoms with E-state index in [0.717, 1.165) is 6.26 Å². The van der Waals surface area contributed by atoms with E-state index in [4.69, 9.17) is 15.2 Å². The van der Waals surface area contributed by atoms with Crippen molar-refractivity contribution in [2.45, 2.75) is 4.90 Å². The molecule has 0 fully saturated rings. The van der Waals surface area contributed by atoms with Gasteiger partial charge >= 0.3 is 0 Å². The third-order valence-electron chi connectivity index (χ3n) is 2.84. The summed E-state index contributed by atoms with van der Waals surface area (Å²) in [5.74, 6) is 0.959. The number of aromatic nitrogens is 2. The third-order valence-corrected chi connectivity index (χ3v) is 3.96. The van der Waals surface area contributed by atoms with Gasteiger partial charge in [-0.1, -0.05) is 0 Å². The maximum absolute atomic E-state index is 11.8. The smallest absolute Gasteiger partial charge is 0.179 e. The topological polar surface area (TPSA) is 107 Å². The van der Waals surface area contributed by atoms with Gasteiger partial charge in [0, 0.05) is 23.4 Å². The zero-order valence-electron chi connectivity index (χ0n) is 11.3. The fourth-order valence-electron chi connectivity index (χ4n) is 1.88. The average Bonchev–Trinajstić information content (AvgIpc) is 2.82. The Morgan fingerprint density at radius 2 is 1.80 bits per heavy atom. The number of anilines is 1. The van der Waals surface area contributed by atoms with Gasteiger partial charge in [-0.05, 0) is 6.07 Å². The second-order valence-electron chi connectivity index (χ2n) is 4.17. The number of hydrogen-bond donors (Lipinski definition) is 2. The fraction of sp³-hybridized carbons (Fsp3) is 0.250. The lowest BCUT2D eigenvalue weighted by Gasteiger charge is -2.13. The summed E-state index contributed by atoms with van der Waals surface area (Å²) in [5.41, 5.74) is 6.99. The summed E-state index contributed by atoms with van der Waals surface area (Å²) in [6.45, 7) is 0. The number of nitrogens with zero attached hydrogens (tertiary/aromatic N) is 1. The first kappa shape index (κ1) is 14.2. The number of hydrogen-bond acceptors (Lipinski definition) is 6. The van der Waals surface area contributed by atoms with E-state index in [1.165, 1.54) is 26.5 Å². The maximum atomic E-state index is 11.8. The van der Waals surface area contributed by atoms with Gasteiger partial charge in [0.15, 0.2) is 9.84 Å². The first-order valence-corrected chi connectivity index (χ1v) is 7.53. The maximum Gasteiger partial charge on any atom is 0.179 e. The number of benzene rings is 1. The molecule has 0 aliphatic heterocycles. The van der Waals surface area contributed by atoms with Crippen LogP contribution in [0.5, 0.6) is 11.5 Å². The monoisotopic (exact) mass is 297 g/mol. The molecule has 8 heteroatoms. The van der Waals surface area contributed by atoms with E-state index in [-0.39, 0.29) is 10.6 Å². The zero-order chi connectivity index (χ0) is 14.9. The summed E-state index contributed by atoms with van der Waals surface area (Å²) in [5, 5.41) is 6.45. The Labute approximate surface area is 116 Å². The fourth-order valence-corrected chi connectivity index (χ4v) is 2.71. The lowest BCUT2D eigenvalue weighted by molar-refractivity contribution is 0.393. The van der Waals surface area contributed by atoms with Crippen LogP contribution in [-0.2, 0) is 9.84 Å². The molecule has 2 aromatic rings. The molecule has 0 spiro atoms. The minimum Gasteiger partial charge on any atom is -0.496 e. The Kier molecular flexibility index (Phi) is 3.58. The van der Waals surface area contributed by atoms with Gasteiger partial charge in [0.2, 0.25) is 0 Å². The number of ether oxygens (including phenoxy) is 2. The van der Waals surface area contributed by atoms with Gasteiger partial charge in [0.25, 0.3) is 0 Å². The van der Waals surface area contributed by atoms with E-state index < -0.39 is 9.84 Å². The number of nitrogens with two attached hydrogens (primary N) is 1. The molecule has 0 unspecified atom stereocenters. The zero-order valence-corrected chi connectivity index (χ0v) is 12.1. The molecule has 7 nitrogen and oxygen atoms in total. The second-order valence-corrected chi connectivity index (χ2v) is 6.16. The molecular formula is C12H15N3O4S. The SMILES string of the molecule is COc1cc(S(C)(=O)=O)c(OC)cc1-c1cn[nH]c1N. The van der Waals surface area contributed by atoms with Crippen molar-refractivity contribution < 1.29 is 17.9 Å². The van der Waals surface area contributed by atoms with Crippen molar-refractivity contribution in [1.82, 2.24) is 10.2 Å². The summed E-state index contributed by atoms with van der Waals surface area (Å²) in [6, 6.07) is 2.98. The molecule has 1 aromatic carbocycles. The van der Waals surface area contributed by atoms with Crippen LogP contribution in [0.3, 0.4) is 0 Å². The number of nitrogen functional groups attached to an aromatic ring is 1. The number of nitrogens with one attached hydrogen (secondary N) is 1. The summed E-state index contributed by atoms with van der Waals surface area (Å²) in [7, 11) is -0.580. The molecule has 108 valence electrons. The summed E-state index contributed by atoms with van der Waals surface area (Å²) >= 11 is 0. The largest absolute Gasteiger partial charge is 0.496 e. The predicted molar refractivity (Wildman–Crippen MR) is 74.6 cm³/mol. The van der Waals surface area contributed by atoms with Gasteiger partial charge in [-0.2, -0.15) is 5.10 Å². The summed E-state index contributed by atoms with van der Waals surface area (Å²) in [4.78, 5) is 0.0580. The van der Waals surface area contributed by atoms with E-state index in [0.29, 0.717) is 22.7 Å². The van der Waals surface area contributed by atoms with E-state index >= 15 is 0 Å². The molecule has 0 radical (unpaired) electrons. The number of rotatable bonds is 4. The van der Waals surface area contributed by atoms with Crippen LogP contribution in [-0.4, -0.2) is 39.1 Å². The second kappa shape index (κ2) is 5.04. The Bertz CT molecular complexity index is 737. The molecule has 0 atom stereocenters. The highest BCUT2D eigenvalue weighted by Gasteiger charge is 2.20. The van der Waals surface area contributed by atoms with Crippen molar-refractivity contribution in [3.05, 3.63) is 18.3 Å². The van der Waals surface area contributed by atoms with E-state index in [1.54, 1.807) is 6.07 Å². The lowest BCUT2D eigenvalue weighted by atomic mass is 10.1. The summed E-state index contributed by atoms with van der Waals surface area (Å²) < 4.78 is 33.9. The van der Waals surface area contributed by atoms with Gasteiger partial charge in [-0.3, -0.25) is 5.10 Å². The third kappa shape index (κ3) is 2.42. The van der Waals surface area contributed by atoms with Crippen LogP contribution in [0, 0.1) is 0 Å². The van der Waals surface area contributed by atoms with Crippen molar-refractivity contribution >= 4 is 15.7 Å². The van der Waals surface area contributed by atoms with Crippen molar-refractivity contribution in [3.8, 4) is 22.6 Å². The number of sulfone groups is 1. The number of H-pyrrole nitrogens is 1. The van der Waals surface area contributed by atoms with Crippen molar-refractivity contribution in [2.24, 2.45) is 0 Å². The van der Waals surface area contributed by atoms with Crippen LogP contribution in [0.4, 0.5) is 5.82 Å². The Balaban J connectivity index is 2.75. The molecule has 0 aliphatic carbocycles. The van der Waals surface area contributed by atoms with Gasteiger partial charge < -0.3 is 15.2 Å². The highest BCUT2D eigenvalue weighted by atomic mass is 32.2. The van der Waals surface area contributed by atoms with E-state index in [1.807, 2.05) is 0 Å². The van der Waals surface area contributed by atoms with E-state index in [9.17, 15) is 8.42 Å². The molecule has 20 heavy (non-hydrogen) atoms. The van der Waals surface area contributed by atoms with Crippen LogP contribution in [0.25, 0.3) is 11.1 Å². The normalized spacial score (nSPS) is 11.3. The minimum atomic E-state index is -3.43. The molecule has 1 aromatic heterocycles. The lowest BCUT2D eigenvalue weighted by Crippen LogP contribution is -2.03. The quantitative estimate of drug-likeness (QED) is 0.874. The Morgan fingerprint density at radius 3 is 2.25 bits per heavy atom. The van der Waals surface area contributed by atoms with E-state index in [2.05, 4.69) is 10.2 Å². The molecule has 0 amide bonds. The highest BCUT2D eigenvalue weighted by molar-refractivity contribution is 7.90. The minimum absolute atomic E-state index is 0.0580. The first-order chi connectivity index (χ1) is 9.38. The van der Waals surface area contributed by atoms with Crippen LogP contribution in [0.1, 0.15) is 0 Å². The molecule has 0 saturated heterocycles. The van der Waals surface area contributed by atoms with Crippen LogP contribution in [0.15, 0.2) is 23.2 Å². The molecule has 0 saturated carbocycles. The standard InChI is InChI=1S/C12H15N3O4S/c1-18-9-5-11(20(3,16)17)10(19-2)4-7(9)8-6-14-15-12(8)13/h4-6H,1-3H3,(H3,13,14,15). The number of aromatic amines is 1. The van der Waals surface area contributed by atoms with Gasteiger partial charge in [-0.25, -0.2) is 8.42 Å². The molecular weight excluding hydrogens is 282 g/mol. The van der Waals surface area contributed by atoms with Gasteiger partial charge in [0.05, 0.1) is 20.4 Å². The van der Waals surface area contributed by atoms with Crippen LogP contribution in [0.2, 0.25) is 0 Å². The Morgan fingerprint density at radius 1 is 1.15 bits per heavy atom. The molecule has 0 bridgehead atoms. The van der Waals surface area contributed by atoms with Gasteiger partial charge in [-0.15, -0.1) is 0 Å². The van der Waals surface area contributed by atoms with Gasteiger partial charge in [0.1, 0.15) is 22.2 Å². The van der Waals surface area contributed by atoms with Crippen molar-refractivity contribution in [3.63, 3.8) is 0 Å². The first-order valence-electron chi connectivity index (χ1n) is 5.63. The molecule has 0 aliphatic rings. The summed E-state index contributed by atoms with van der Waals surface area (Å²) in [6.07, 6.45) is 2.64. The molecule has 1 heterocycles.